The minimum atomic E-state index is 0. The van der Waals surface area contributed by atoms with E-state index in [4.69, 9.17) is 0 Å². The van der Waals surface area contributed by atoms with Crippen LogP contribution in [0, 0.1) is 43.2 Å². The Morgan fingerprint density at radius 2 is 1.60 bits per heavy atom. The minimum Gasteiger partial charge on any atom is -0.358 e. The number of allylic oxidation sites excluding steroid dienone is 5. The molecular weight excluding hydrogens is 415 g/mol. The summed E-state index contributed by atoms with van der Waals surface area (Å²) < 4.78 is 0. The average molecular weight is 440 g/mol. The second kappa shape index (κ2) is 46.8. The van der Waals surface area contributed by atoms with Crippen LogP contribution in [0.2, 0.25) is 0 Å². The van der Waals surface area contributed by atoms with Gasteiger partial charge >= 0.3 is 0 Å². The zero-order chi connectivity index (χ0) is 6.95. The minimum absolute atomic E-state index is 0. The van der Waals surface area contributed by atoms with Gasteiger partial charge in [0.2, 0.25) is 0 Å². The van der Waals surface area contributed by atoms with Crippen LogP contribution in [0.4, 0.5) is 0 Å². The van der Waals surface area contributed by atoms with Crippen LogP contribution in [-0.2, 0) is 25.8 Å². The molecule has 0 unspecified atom stereocenters. The van der Waals surface area contributed by atoms with E-state index in [-0.39, 0.29) is 63.0 Å². The molecule has 94 valence electrons. The Bertz CT molecular complexity index is 108. The molecule has 0 saturated carbocycles. The molecule has 0 radical (unpaired) electrons. The van der Waals surface area contributed by atoms with Crippen LogP contribution in [0.5, 0.6) is 0 Å². The Hall–Kier alpha value is 0.570. The van der Waals surface area contributed by atoms with Crippen molar-refractivity contribution in [1.82, 2.24) is 0 Å². The van der Waals surface area contributed by atoms with Gasteiger partial charge in [0.15, 0.2) is 0 Å². The number of rotatable bonds is 1. The summed E-state index contributed by atoms with van der Waals surface area (Å²) in [5.41, 5.74) is 0. The maximum absolute atomic E-state index is 3.43. The second-order valence-electron chi connectivity index (χ2n) is 1.45. The zero-order valence-corrected chi connectivity index (χ0v) is 16.0. The van der Waals surface area contributed by atoms with Crippen molar-refractivity contribution in [3.05, 3.63) is 74.1 Å². The van der Waals surface area contributed by atoms with Gasteiger partial charge in [-0.15, -0.1) is 13.0 Å². The smallest absolute Gasteiger partial charge is 0.0209 e. The Kier molecular flexibility index (Phi) is 140. The molecule has 0 saturated heterocycles. The van der Waals surface area contributed by atoms with E-state index in [0.717, 1.165) is 11.8 Å². The van der Waals surface area contributed by atoms with Crippen molar-refractivity contribution in [2.45, 2.75) is 6.42 Å². The van der Waals surface area contributed by atoms with Crippen molar-refractivity contribution in [3.63, 3.8) is 0 Å². The van der Waals surface area contributed by atoms with E-state index >= 15 is 0 Å². The molecule has 0 atom stereocenters. The zero-order valence-electron chi connectivity index (χ0n) is 10.8. The Balaban J connectivity index is -0.0000000124. The molecule has 0 aromatic carbocycles. The van der Waals surface area contributed by atoms with E-state index in [1.165, 1.54) is 0 Å². The molecule has 0 nitrogen and oxygen atoms in total. The average Bonchev–Trinajstić information content (AvgIpc) is 2.43. The molecule has 0 aliphatic heterocycles. The van der Waals surface area contributed by atoms with E-state index in [2.05, 4.69) is 34.7 Å². The van der Waals surface area contributed by atoms with Crippen molar-refractivity contribution in [1.29, 1.82) is 0 Å². The van der Waals surface area contributed by atoms with Gasteiger partial charge in [-0.2, -0.15) is 6.08 Å². The van der Waals surface area contributed by atoms with Crippen molar-refractivity contribution in [3.8, 4) is 0 Å². The summed E-state index contributed by atoms with van der Waals surface area (Å²) in [6.07, 6.45) is 11.8. The van der Waals surface area contributed by atoms with Crippen LogP contribution in [0.1, 0.15) is 6.42 Å². The van der Waals surface area contributed by atoms with Gasteiger partial charge in [-0.05, 0) is 0 Å². The maximum atomic E-state index is 3.43. The second-order valence-corrected chi connectivity index (χ2v) is 2.09. The van der Waals surface area contributed by atoms with Crippen LogP contribution in [0.3, 0.4) is 0 Å². The Morgan fingerprint density at radius 1 is 1.20 bits per heavy atom. The third-order valence-electron chi connectivity index (χ3n) is 0.695. The van der Waals surface area contributed by atoms with Gasteiger partial charge in [-0.1, -0.05) is 22.0 Å². The predicted molar refractivity (Wildman–Crippen MR) is 77.6 cm³/mol. The summed E-state index contributed by atoms with van der Waals surface area (Å²) in [7, 11) is 0. The summed E-state index contributed by atoms with van der Waals surface area (Å²) in [6.45, 7) is 3.43. The number of hydrogen-bond donors (Lipinski definition) is 0. The fourth-order valence-electron chi connectivity index (χ4n) is 0.340. The molecule has 0 aromatic heterocycles. The largest absolute Gasteiger partial charge is 0.358 e. The standard InChI is InChI=1S/C5H5.C3H5Br.5CH3.Hf/c1-2-4-5-3-1;1-2-3-4;;;;;;/h1-3H,4H2;2H,1,3H2;5*1H3;/q-1;;5*-1;. The Labute approximate surface area is 127 Å². The molecule has 2 heteroatoms. The van der Waals surface area contributed by atoms with Crippen LogP contribution in [0.25, 0.3) is 0 Å². The van der Waals surface area contributed by atoms with Gasteiger partial charge in [-0.25, -0.2) is 12.2 Å². The number of halogens is 1. The normalized spacial score (nSPS) is 7.53. The molecule has 1 aliphatic carbocycles. The van der Waals surface area contributed by atoms with Crippen molar-refractivity contribution in [2.24, 2.45) is 0 Å². The molecular formula is C13H25BrHf-6. The summed E-state index contributed by atoms with van der Waals surface area (Å²) in [6, 6.07) is 0. The molecule has 15 heavy (non-hydrogen) atoms. The van der Waals surface area contributed by atoms with E-state index in [0.29, 0.717) is 0 Å². The molecule has 1 aliphatic rings. The van der Waals surface area contributed by atoms with Gasteiger partial charge in [0, 0.05) is 31.2 Å². The molecule has 0 heterocycles. The first-order valence-corrected chi connectivity index (χ1v) is 3.92. The third kappa shape index (κ3) is 53.3. The molecule has 0 spiro atoms. The third-order valence-corrected chi connectivity index (χ3v) is 1.15. The van der Waals surface area contributed by atoms with Gasteiger partial charge in [0.25, 0.3) is 0 Å². The molecule has 0 N–H and O–H groups in total. The molecule has 0 aromatic rings. The van der Waals surface area contributed by atoms with Crippen molar-refractivity contribution in [2.75, 3.05) is 5.33 Å². The summed E-state index contributed by atoms with van der Waals surface area (Å²) in [5, 5.41) is 0.896. The fraction of sp³-hybridized carbons (Fsp3) is 0.154. The van der Waals surface area contributed by atoms with Crippen molar-refractivity contribution < 1.29 is 25.8 Å². The molecule has 0 fully saturated rings. The molecule has 0 amide bonds. The van der Waals surface area contributed by atoms with E-state index in [1.807, 2.05) is 12.2 Å². The van der Waals surface area contributed by atoms with Gasteiger partial charge in [-0.3, -0.25) is 6.08 Å². The van der Waals surface area contributed by atoms with Gasteiger partial charge < -0.3 is 37.1 Å². The first kappa shape index (κ1) is 45.0. The molecule has 1 rings (SSSR count). The first-order chi connectivity index (χ1) is 4.41. The number of alkyl halides is 1. The SMILES string of the molecule is C=CCBr.[C-]1=CC=CC1.[CH3-].[CH3-].[CH3-].[CH3-].[CH3-].[Hf]. The Morgan fingerprint density at radius 3 is 1.67 bits per heavy atom. The topological polar surface area (TPSA) is 0 Å². The van der Waals surface area contributed by atoms with Gasteiger partial charge in [0.05, 0.1) is 0 Å². The maximum Gasteiger partial charge on any atom is 0.0209 e. The van der Waals surface area contributed by atoms with Crippen LogP contribution in [0.15, 0.2) is 30.9 Å². The van der Waals surface area contributed by atoms with Crippen LogP contribution < -0.4 is 0 Å². The predicted octanol–water partition coefficient (Wildman–Crippen LogP) is 5.12. The fourth-order valence-corrected chi connectivity index (χ4v) is 0.340. The quantitative estimate of drug-likeness (QED) is 0.230. The summed E-state index contributed by atoms with van der Waals surface area (Å²) >= 11 is 3.13. The van der Waals surface area contributed by atoms with Crippen LogP contribution in [-0.4, -0.2) is 5.33 Å². The van der Waals surface area contributed by atoms with E-state index < -0.39 is 0 Å². The van der Waals surface area contributed by atoms with Crippen LogP contribution >= 0.6 is 15.9 Å². The summed E-state index contributed by atoms with van der Waals surface area (Å²) in [4.78, 5) is 0. The molecule has 0 bridgehead atoms. The number of hydrogen-bond acceptors (Lipinski definition) is 0. The van der Waals surface area contributed by atoms with Gasteiger partial charge in [0.1, 0.15) is 0 Å². The van der Waals surface area contributed by atoms with E-state index in [1.54, 1.807) is 6.08 Å². The monoisotopic (exact) mass is 440 g/mol. The summed E-state index contributed by atoms with van der Waals surface area (Å²) in [5.74, 6) is 0. The first-order valence-electron chi connectivity index (χ1n) is 2.80. The van der Waals surface area contributed by atoms with E-state index in [9.17, 15) is 0 Å². The van der Waals surface area contributed by atoms with Crippen molar-refractivity contribution >= 4 is 15.9 Å².